The van der Waals surface area contributed by atoms with Crippen molar-refractivity contribution in [2.24, 2.45) is 11.7 Å². The second-order valence-electron chi connectivity index (χ2n) is 4.87. The fourth-order valence-corrected chi connectivity index (χ4v) is 2.23. The number of aryl methyl sites for hydroxylation is 1. The minimum absolute atomic E-state index is 0.265. The minimum Gasteiger partial charge on any atom is -0.330 e. The molecule has 1 rings (SSSR count). The van der Waals surface area contributed by atoms with Crippen LogP contribution in [0.25, 0.3) is 0 Å². The number of nitrogens with two attached hydrogens (primary N) is 1. The number of benzene rings is 1. The Balaban J connectivity index is 2.53. The van der Waals surface area contributed by atoms with Crippen molar-refractivity contribution in [3.05, 3.63) is 35.4 Å². The van der Waals surface area contributed by atoms with Crippen LogP contribution >= 0.6 is 0 Å². The summed E-state index contributed by atoms with van der Waals surface area (Å²) < 4.78 is 0. The molecule has 0 aliphatic heterocycles. The molecule has 0 aliphatic carbocycles. The van der Waals surface area contributed by atoms with Crippen LogP contribution in [0.2, 0.25) is 0 Å². The predicted octanol–water partition coefficient (Wildman–Crippen LogP) is 3.59. The van der Waals surface area contributed by atoms with Gasteiger partial charge in [-0.15, -0.1) is 0 Å². The predicted molar refractivity (Wildman–Crippen MR) is 76.8 cm³/mol. The summed E-state index contributed by atoms with van der Waals surface area (Å²) in [6, 6.07) is 7.99. The molecule has 0 saturated heterocycles. The highest BCUT2D eigenvalue weighted by molar-refractivity contribution is 5.96. The topological polar surface area (TPSA) is 43.1 Å². The number of carbonyl (C=O) groups is 1. The van der Waals surface area contributed by atoms with Crippen LogP contribution in [0, 0.1) is 5.92 Å². The van der Waals surface area contributed by atoms with Crippen LogP contribution in [0.5, 0.6) is 0 Å². The zero-order valence-corrected chi connectivity index (χ0v) is 11.6. The number of hydrogen-bond acceptors (Lipinski definition) is 2. The lowest BCUT2D eigenvalue weighted by molar-refractivity contribution is 0.0972. The Morgan fingerprint density at radius 1 is 1.28 bits per heavy atom. The van der Waals surface area contributed by atoms with Crippen molar-refractivity contribution in [2.75, 3.05) is 6.54 Å². The van der Waals surface area contributed by atoms with Gasteiger partial charge in [-0.05, 0) is 43.4 Å². The first-order valence-electron chi connectivity index (χ1n) is 7.03. The molecule has 18 heavy (non-hydrogen) atoms. The van der Waals surface area contributed by atoms with Crippen LogP contribution in [0.15, 0.2) is 24.3 Å². The zero-order chi connectivity index (χ0) is 13.4. The molecule has 0 amide bonds. The maximum absolute atomic E-state index is 12.1. The van der Waals surface area contributed by atoms with Crippen molar-refractivity contribution < 1.29 is 4.79 Å². The van der Waals surface area contributed by atoms with E-state index in [1.54, 1.807) is 0 Å². The quantitative estimate of drug-likeness (QED) is 0.713. The molecule has 0 bridgehead atoms. The molecule has 0 fully saturated rings. The highest BCUT2D eigenvalue weighted by Crippen LogP contribution is 2.17. The van der Waals surface area contributed by atoms with E-state index in [-0.39, 0.29) is 5.78 Å². The van der Waals surface area contributed by atoms with Crippen molar-refractivity contribution in [3.63, 3.8) is 0 Å². The Bertz CT molecular complexity index is 373. The normalized spacial score (nSPS) is 12.4. The Morgan fingerprint density at radius 3 is 2.67 bits per heavy atom. The van der Waals surface area contributed by atoms with Gasteiger partial charge in [0.1, 0.15) is 0 Å². The summed E-state index contributed by atoms with van der Waals surface area (Å²) in [4.78, 5) is 12.1. The number of ketones is 1. The molecule has 2 heteroatoms. The van der Waals surface area contributed by atoms with Crippen LogP contribution in [0.3, 0.4) is 0 Å². The Hall–Kier alpha value is -1.15. The summed E-state index contributed by atoms with van der Waals surface area (Å²) in [5, 5.41) is 0. The SMILES string of the molecule is CCc1cccc(C(=O)CCC(CC)CCN)c1. The third kappa shape index (κ3) is 4.61. The van der Waals surface area contributed by atoms with Gasteiger partial charge in [0.15, 0.2) is 5.78 Å². The van der Waals surface area contributed by atoms with Gasteiger partial charge in [-0.1, -0.05) is 38.5 Å². The van der Waals surface area contributed by atoms with Gasteiger partial charge in [-0.25, -0.2) is 0 Å². The molecule has 1 unspecified atom stereocenters. The fourth-order valence-electron chi connectivity index (χ4n) is 2.23. The van der Waals surface area contributed by atoms with Gasteiger partial charge in [0.25, 0.3) is 0 Å². The Kier molecular flexibility index (Phi) is 6.66. The first kappa shape index (κ1) is 14.9. The minimum atomic E-state index is 0.265. The molecule has 0 aliphatic rings. The molecule has 1 atom stereocenters. The lowest BCUT2D eigenvalue weighted by Gasteiger charge is -2.12. The molecule has 2 nitrogen and oxygen atoms in total. The molecule has 100 valence electrons. The first-order chi connectivity index (χ1) is 8.71. The monoisotopic (exact) mass is 247 g/mol. The molecule has 0 saturated carbocycles. The highest BCUT2D eigenvalue weighted by atomic mass is 16.1. The van der Waals surface area contributed by atoms with Crippen LogP contribution in [-0.2, 0) is 6.42 Å². The van der Waals surface area contributed by atoms with Crippen molar-refractivity contribution in [2.45, 2.75) is 46.0 Å². The Labute approximate surface area is 111 Å². The average Bonchev–Trinajstić information content (AvgIpc) is 2.43. The summed E-state index contributed by atoms with van der Waals surface area (Å²) in [6.07, 6.45) is 4.72. The third-order valence-corrected chi connectivity index (χ3v) is 3.59. The van der Waals surface area contributed by atoms with E-state index in [1.807, 2.05) is 18.2 Å². The largest absolute Gasteiger partial charge is 0.330 e. The van der Waals surface area contributed by atoms with Crippen LogP contribution in [0.1, 0.15) is 55.5 Å². The summed E-state index contributed by atoms with van der Waals surface area (Å²) in [6.45, 7) is 5.00. The van der Waals surface area contributed by atoms with E-state index in [0.29, 0.717) is 12.3 Å². The maximum atomic E-state index is 12.1. The molecule has 2 N–H and O–H groups in total. The molecule has 0 spiro atoms. The number of Topliss-reactive ketones (excluding diaryl/α,β-unsaturated/α-hetero) is 1. The standard InChI is InChI=1S/C16H25NO/c1-3-13(10-11-17)8-9-16(18)15-7-5-6-14(4-2)12-15/h5-7,12-13H,3-4,8-11,17H2,1-2H3. The third-order valence-electron chi connectivity index (χ3n) is 3.59. The smallest absolute Gasteiger partial charge is 0.162 e. The number of carbonyl (C=O) groups excluding carboxylic acids is 1. The van der Waals surface area contributed by atoms with E-state index in [1.165, 1.54) is 5.56 Å². The van der Waals surface area contributed by atoms with E-state index in [2.05, 4.69) is 19.9 Å². The molecule has 1 aromatic carbocycles. The number of hydrogen-bond donors (Lipinski definition) is 1. The van der Waals surface area contributed by atoms with Gasteiger partial charge < -0.3 is 5.73 Å². The van der Waals surface area contributed by atoms with Crippen LogP contribution in [-0.4, -0.2) is 12.3 Å². The van der Waals surface area contributed by atoms with E-state index in [0.717, 1.165) is 37.8 Å². The lowest BCUT2D eigenvalue weighted by atomic mass is 9.93. The Morgan fingerprint density at radius 2 is 2.06 bits per heavy atom. The number of rotatable bonds is 8. The molecule has 0 heterocycles. The highest BCUT2D eigenvalue weighted by Gasteiger charge is 2.10. The van der Waals surface area contributed by atoms with E-state index in [4.69, 9.17) is 5.73 Å². The van der Waals surface area contributed by atoms with Gasteiger partial charge in [0, 0.05) is 12.0 Å². The van der Waals surface area contributed by atoms with E-state index < -0.39 is 0 Å². The molecular weight excluding hydrogens is 222 g/mol. The van der Waals surface area contributed by atoms with Crippen molar-refractivity contribution in [1.29, 1.82) is 0 Å². The van der Waals surface area contributed by atoms with Crippen LogP contribution < -0.4 is 5.73 Å². The first-order valence-corrected chi connectivity index (χ1v) is 7.03. The van der Waals surface area contributed by atoms with Crippen molar-refractivity contribution in [3.8, 4) is 0 Å². The van der Waals surface area contributed by atoms with Crippen molar-refractivity contribution in [1.82, 2.24) is 0 Å². The summed E-state index contributed by atoms with van der Waals surface area (Å²) >= 11 is 0. The van der Waals surface area contributed by atoms with Crippen LogP contribution in [0.4, 0.5) is 0 Å². The molecule has 0 radical (unpaired) electrons. The van der Waals surface area contributed by atoms with E-state index in [9.17, 15) is 4.79 Å². The molecule has 0 aromatic heterocycles. The second kappa shape index (κ2) is 8.04. The summed E-state index contributed by atoms with van der Waals surface area (Å²) in [5.74, 6) is 0.856. The van der Waals surface area contributed by atoms with Crippen molar-refractivity contribution >= 4 is 5.78 Å². The average molecular weight is 247 g/mol. The summed E-state index contributed by atoms with van der Waals surface area (Å²) in [7, 11) is 0. The molecular formula is C16H25NO. The van der Waals surface area contributed by atoms with Gasteiger partial charge >= 0.3 is 0 Å². The van der Waals surface area contributed by atoms with Gasteiger partial charge in [0.05, 0.1) is 0 Å². The van der Waals surface area contributed by atoms with E-state index >= 15 is 0 Å². The second-order valence-corrected chi connectivity index (χ2v) is 4.87. The molecule has 1 aromatic rings. The summed E-state index contributed by atoms with van der Waals surface area (Å²) in [5.41, 5.74) is 7.67. The zero-order valence-electron chi connectivity index (χ0n) is 11.6. The van der Waals surface area contributed by atoms with Gasteiger partial charge in [-0.2, -0.15) is 0 Å². The van der Waals surface area contributed by atoms with Gasteiger partial charge in [0.2, 0.25) is 0 Å². The van der Waals surface area contributed by atoms with Gasteiger partial charge in [-0.3, -0.25) is 4.79 Å². The lowest BCUT2D eigenvalue weighted by Crippen LogP contribution is -2.10. The fraction of sp³-hybridized carbons (Fsp3) is 0.562. The maximum Gasteiger partial charge on any atom is 0.162 e.